The van der Waals surface area contributed by atoms with Gasteiger partial charge in [0.25, 0.3) is 5.91 Å². The number of nitrogens with one attached hydrogen (secondary N) is 1. The molecule has 1 aromatic heterocycles. The van der Waals surface area contributed by atoms with Crippen LogP contribution >= 0.6 is 0 Å². The molecule has 22 heavy (non-hydrogen) atoms. The van der Waals surface area contributed by atoms with E-state index in [0.29, 0.717) is 0 Å². The molecule has 7 nitrogen and oxygen atoms in total. The van der Waals surface area contributed by atoms with Crippen molar-refractivity contribution < 1.29 is 9.59 Å². The number of carbonyl (C=O) groups excluding carboxylic acids is 2. The fourth-order valence-corrected chi connectivity index (χ4v) is 3.48. The predicted molar refractivity (Wildman–Crippen MR) is 81.1 cm³/mol. The number of hydrogen-bond acceptors (Lipinski definition) is 4. The van der Waals surface area contributed by atoms with Gasteiger partial charge in [-0.05, 0) is 32.4 Å². The van der Waals surface area contributed by atoms with E-state index in [4.69, 9.17) is 0 Å². The van der Waals surface area contributed by atoms with E-state index in [1.54, 1.807) is 13.2 Å². The number of rotatable bonds is 4. The molecule has 3 rings (SSSR count). The van der Waals surface area contributed by atoms with Crippen molar-refractivity contribution in [2.24, 2.45) is 5.92 Å². The van der Waals surface area contributed by atoms with E-state index in [0.717, 1.165) is 39.0 Å². The molecule has 7 heteroatoms. The second-order valence-corrected chi connectivity index (χ2v) is 6.41. The molecule has 1 N–H and O–H groups in total. The lowest BCUT2D eigenvalue weighted by atomic mass is 9.80. The van der Waals surface area contributed by atoms with Crippen molar-refractivity contribution in [1.29, 1.82) is 0 Å². The van der Waals surface area contributed by atoms with Gasteiger partial charge < -0.3 is 10.2 Å². The van der Waals surface area contributed by atoms with Crippen molar-refractivity contribution in [2.75, 3.05) is 26.7 Å². The minimum atomic E-state index is -0.768. The van der Waals surface area contributed by atoms with Gasteiger partial charge in [0.15, 0.2) is 0 Å². The quantitative estimate of drug-likeness (QED) is 0.824. The zero-order valence-corrected chi connectivity index (χ0v) is 13.2. The molecular formula is C15H23N5O2. The average Bonchev–Trinajstić information content (AvgIpc) is 3.10. The third kappa shape index (κ3) is 2.61. The monoisotopic (exact) mass is 305 g/mol. The third-order valence-electron chi connectivity index (χ3n) is 4.95. The summed E-state index contributed by atoms with van der Waals surface area (Å²) in [6.07, 6.45) is 5.75. The molecule has 0 unspecified atom stereocenters. The average molecular weight is 305 g/mol. The Bertz CT molecular complexity index is 558. The Balaban J connectivity index is 1.63. The molecule has 3 amide bonds. The van der Waals surface area contributed by atoms with E-state index in [2.05, 4.69) is 15.3 Å². The molecule has 2 atom stereocenters. The van der Waals surface area contributed by atoms with Crippen LogP contribution < -0.4 is 5.32 Å². The maximum Gasteiger partial charge on any atom is 0.324 e. The topological polar surface area (TPSA) is 70.5 Å². The predicted octanol–water partition coefficient (Wildman–Crippen LogP) is 0.535. The SMILES string of the molecule is CN1C(=O)N[C@](C)([C@@H]2CCCN(CCn3cccn3)C2)C1=O. The van der Waals surface area contributed by atoms with Crippen LogP contribution in [0.25, 0.3) is 0 Å². The van der Waals surface area contributed by atoms with E-state index in [1.165, 1.54) is 4.90 Å². The number of hydrogen-bond donors (Lipinski definition) is 1. The highest BCUT2D eigenvalue weighted by Crippen LogP contribution is 2.31. The fourth-order valence-electron chi connectivity index (χ4n) is 3.48. The van der Waals surface area contributed by atoms with Gasteiger partial charge in [-0.1, -0.05) is 0 Å². The Labute approximate surface area is 130 Å². The maximum atomic E-state index is 12.4. The molecule has 2 aliphatic heterocycles. The van der Waals surface area contributed by atoms with E-state index in [-0.39, 0.29) is 17.9 Å². The van der Waals surface area contributed by atoms with Crippen molar-refractivity contribution in [3.05, 3.63) is 18.5 Å². The number of likely N-dealkylation sites (N-methyl/N-ethyl adjacent to an activating group) is 1. The van der Waals surface area contributed by atoms with Gasteiger partial charge in [-0.2, -0.15) is 5.10 Å². The first kappa shape index (κ1) is 15.0. The summed E-state index contributed by atoms with van der Waals surface area (Å²) >= 11 is 0. The molecule has 2 saturated heterocycles. The van der Waals surface area contributed by atoms with Crippen molar-refractivity contribution >= 4 is 11.9 Å². The Kier molecular flexibility index (Phi) is 3.90. The smallest absolute Gasteiger partial charge is 0.323 e. The van der Waals surface area contributed by atoms with E-state index >= 15 is 0 Å². The van der Waals surface area contributed by atoms with Crippen molar-refractivity contribution in [3.8, 4) is 0 Å². The van der Waals surface area contributed by atoms with E-state index in [9.17, 15) is 9.59 Å². The number of likely N-dealkylation sites (tertiary alicyclic amines) is 1. The molecule has 3 heterocycles. The van der Waals surface area contributed by atoms with Crippen molar-refractivity contribution in [3.63, 3.8) is 0 Å². The van der Waals surface area contributed by atoms with Crippen LogP contribution in [0.3, 0.4) is 0 Å². The molecule has 120 valence electrons. The summed E-state index contributed by atoms with van der Waals surface area (Å²) in [5, 5.41) is 7.10. The summed E-state index contributed by atoms with van der Waals surface area (Å²) in [7, 11) is 1.54. The summed E-state index contributed by atoms with van der Waals surface area (Å²) in [6.45, 7) is 5.48. The Hall–Kier alpha value is -1.89. The van der Waals surface area contributed by atoms with Crippen LogP contribution in [0, 0.1) is 5.92 Å². The number of nitrogens with zero attached hydrogens (tertiary/aromatic N) is 4. The van der Waals surface area contributed by atoms with Crippen molar-refractivity contribution in [2.45, 2.75) is 31.8 Å². The molecule has 1 aromatic rings. The molecule has 0 spiro atoms. The number of piperidine rings is 1. The normalized spacial score (nSPS) is 29.9. The van der Waals surface area contributed by atoms with E-state index in [1.807, 2.05) is 23.9 Å². The number of urea groups is 1. The van der Waals surface area contributed by atoms with Crippen molar-refractivity contribution in [1.82, 2.24) is 24.9 Å². The first-order valence-electron chi connectivity index (χ1n) is 7.81. The van der Waals surface area contributed by atoms with Gasteiger partial charge in [0.2, 0.25) is 0 Å². The summed E-state index contributed by atoms with van der Waals surface area (Å²) in [5.41, 5.74) is -0.768. The summed E-state index contributed by atoms with van der Waals surface area (Å²) in [4.78, 5) is 27.7. The summed E-state index contributed by atoms with van der Waals surface area (Å²) < 4.78 is 1.92. The molecule has 0 aliphatic carbocycles. The molecule has 0 radical (unpaired) electrons. The minimum absolute atomic E-state index is 0.114. The first-order chi connectivity index (χ1) is 10.5. The zero-order valence-electron chi connectivity index (χ0n) is 13.2. The van der Waals surface area contributed by atoms with Crippen LogP contribution in [0.5, 0.6) is 0 Å². The molecule has 0 saturated carbocycles. The summed E-state index contributed by atoms with van der Waals surface area (Å²) in [6, 6.07) is 1.63. The lowest BCUT2D eigenvalue weighted by molar-refractivity contribution is -0.132. The van der Waals surface area contributed by atoms with Crippen LogP contribution in [-0.2, 0) is 11.3 Å². The highest BCUT2D eigenvalue weighted by Gasteiger charge is 2.51. The van der Waals surface area contributed by atoms with Gasteiger partial charge in [0.1, 0.15) is 5.54 Å². The Morgan fingerprint density at radius 2 is 2.23 bits per heavy atom. The van der Waals surface area contributed by atoms with Crippen LogP contribution in [0.4, 0.5) is 4.79 Å². The molecule has 0 bridgehead atoms. The molecule has 0 aromatic carbocycles. The van der Waals surface area contributed by atoms with Gasteiger partial charge in [-0.3, -0.25) is 14.4 Å². The highest BCUT2D eigenvalue weighted by atomic mass is 16.2. The maximum absolute atomic E-state index is 12.4. The van der Waals surface area contributed by atoms with Crippen LogP contribution in [0.15, 0.2) is 18.5 Å². The minimum Gasteiger partial charge on any atom is -0.323 e. The molecule has 2 fully saturated rings. The number of aromatic nitrogens is 2. The number of amides is 3. The fraction of sp³-hybridized carbons (Fsp3) is 0.667. The van der Waals surface area contributed by atoms with Gasteiger partial charge >= 0.3 is 6.03 Å². The second kappa shape index (κ2) is 5.72. The third-order valence-corrected chi connectivity index (χ3v) is 4.95. The van der Waals surface area contributed by atoms with Crippen LogP contribution in [-0.4, -0.2) is 63.7 Å². The Morgan fingerprint density at radius 1 is 1.41 bits per heavy atom. The summed E-state index contributed by atoms with van der Waals surface area (Å²) in [5.74, 6) is 0.0386. The highest BCUT2D eigenvalue weighted by molar-refractivity contribution is 6.06. The van der Waals surface area contributed by atoms with Gasteiger partial charge in [0.05, 0.1) is 6.54 Å². The number of imide groups is 1. The first-order valence-corrected chi connectivity index (χ1v) is 7.81. The van der Waals surface area contributed by atoms with E-state index < -0.39 is 5.54 Å². The van der Waals surface area contributed by atoms with Gasteiger partial charge in [0, 0.05) is 38.4 Å². The molecule has 2 aliphatic rings. The lowest BCUT2D eigenvalue weighted by Crippen LogP contribution is -2.56. The largest absolute Gasteiger partial charge is 0.324 e. The van der Waals surface area contributed by atoms with Gasteiger partial charge in [-0.25, -0.2) is 4.79 Å². The Morgan fingerprint density at radius 3 is 2.86 bits per heavy atom. The standard InChI is InChI=1S/C15H23N5O2/c1-15(13(21)18(2)14(22)17-15)12-5-3-7-19(11-12)9-10-20-8-4-6-16-20/h4,6,8,12H,3,5,7,9-11H2,1-2H3,(H,17,22)/t12-,15-/m1/s1. The second-order valence-electron chi connectivity index (χ2n) is 6.41. The van der Waals surface area contributed by atoms with Crippen LogP contribution in [0.2, 0.25) is 0 Å². The molecular weight excluding hydrogens is 282 g/mol. The van der Waals surface area contributed by atoms with Crippen LogP contribution in [0.1, 0.15) is 19.8 Å². The zero-order chi connectivity index (χ0) is 15.7. The lowest BCUT2D eigenvalue weighted by Gasteiger charge is -2.39. The number of carbonyl (C=O) groups is 2. The van der Waals surface area contributed by atoms with Gasteiger partial charge in [-0.15, -0.1) is 0 Å².